The van der Waals surface area contributed by atoms with E-state index in [2.05, 4.69) is 28.4 Å². The van der Waals surface area contributed by atoms with E-state index in [0.29, 0.717) is 39.1 Å². The lowest BCUT2D eigenvalue weighted by Gasteiger charge is -2.19. The fraction of sp³-hybridized carbons (Fsp3) is 0.0952. The Morgan fingerprint density at radius 3 is 2.35 bits per heavy atom. The largest absolute Gasteiger partial charge is 0.495 e. The van der Waals surface area contributed by atoms with Crippen molar-refractivity contribution in [3.05, 3.63) is 71.5 Å². The van der Waals surface area contributed by atoms with Gasteiger partial charge in [-0.1, -0.05) is 24.4 Å². The van der Waals surface area contributed by atoms with Crippen LogP contribution in [0, 0.1) is 0 Å². The number of benzene rings is 2. The van der Waals surface area contributed by atoms with Crippen molar-refractivity contribution in [2.75, 3.05) is 29.2 Å². The summed E-state index contributed by atoms with van der Waals surface area (Å²) in [5, 5.41) is 5.77. The summed E-state index contributed by atoms with van der Waals surface area (Å²) < 4.78 is 11.5. The number of anilines is 3. The first-order valence-corrected chi connectivity index (χ1v) is 9.73. The quantitative estimate of drug-likeness (QED) is 0.457. The van der Waals surface area contributed by atoms with Crippen LogP contribution in [0.4, 0.5) is 21.9 Å². The van der Waals surface area contributed by atoms with Gasteiger partial charge in [0.2, 0.25) is 0 Å². The molecule has 0 aliphatic carbocycles. The van der Waals surface area contributed by atoms with Crippen molar-refractivity contribution >= 4 is 53.4 Å². The number of thiol groups is 1. The van der Waals surface area contributed by atoms with Crippen molar-refractivity contribution in [2.24, 2.45) is 0 Å². The zero-order valence-electron chi connectivity index (χ0n) is 16.6. The molecule has 0 unspecified atom stereocenters. The maximum atomic E-state index is 12.6. The van der Waals surface area contributed by atoms with Crippen molar-refractivity contribution in [1.29, 1.82) is 0 Å². The van der Waals surface area contributed by atoms with Gasteiger partial charge >= 0.3 is 6.03 Å². The Hall–Kier alpha value is -3.43. The van der Waals surface area contributed by atoms with Crippen molar-refractivity contribution in [3.63, 3.8) is 0 Å². The number of carbonyl (C=O) groups excluding carboxylic acids is 2. The average molecular weight is 459 g/mol. The van der Waals surface area contributed by atoms with E-state index >= 15 is 0 Å². The number of rotatable bonds is 6. The van der Waals surface area contributed by atoms with Crippen LogP contribution in [-0.2, 0) is 0 Å². The minimum absolute atomic E-state index is 0.287. The minimum Gasteiger partial charge on any atom is -0.495 e. The number of ether oxygens (including phenoxy) is 2. The molecular formula is C21H19ClN4O4S. The third kappa shape index (κ3) is 5.39. The Balaban J connectivity index is 1.69. The summed E-state index contributed by atoms with van der Waals surface area (Å²) in [4.78, 5) is 28.8. The topological polar surface area (TPSA) is 92.8 Å². The van der Waals surface area contributed by atoms with E-state index < -0.39 is 6.03 Å². The second-order valence-corrected chi connectivity index (χ2v) is 6.98. The molecule has 3 aromatic rings. The molecule has 0 saturated carbocycles. The standard InChI is InChI=1S/C21H19ClN4O4S/c1-29-18-11-19(30-2)17(10-16(18)22)25-21(28)26(31)15-7-5-14(6-8-15)24-20(27)13-4-3-9-23-12-13/h3-12,31H,1-2H3,(H,24,27)(H,25,28). The number of urea groups is 1. The van der Waals surface area contributed by atoms with Gasteiger partial charge < -0.3 is 20.1 Å². The number of hydrogen-bond acceptors (Lipinski definition) is 6. The van der Waals surface area contributed by atoms with Gasteiger partial charge in [0.05, 0.1) is 36.2 Å². The van der Waals surface area contributed by atoms with Gasteiger partial charge in [0, 0.05) is 24.1 Å². The highest BCUT2D eigenvalue weighted by molar-refractivity contribution is 7.82. The lowest BCUT2D eigenvalue weighted by Crippen LogP contribution is -2.27. The van der Waals surface area contributed by atoms with E-state index in [1.165, 1.54) is 26.5 Å². The van der Waals surface area contributed by atoms with Crippen molar-refractivity contribution in [2.45, 2.75) is 0 Å². The first-order valence-electron chi connectivity index (χ1n) is 8.96. The Labute approximate surface area is 189 Å². The molecule has 0 aliphatic heterocycles. The maximum Gasteiger partial charge on any atom is 0.336 e. The summed E-state index contributed by atoms with van der Waals surface area (Å²) in [6, 6.07) is 12.5. The number of carbonyl (C=O) groups is 2. The predicted molar refractivity (Wildman–Crippen MR) is 124 cm³/mol. The molecule has 31 heavy (non-hydrogen) atoms. The monoisotopic (exact) mass is 458 g/mol. The fourth-order valence-corrected chi connectivity index (χ4v) is 3.05. The zero-order chi connectivity index (χ0) is 22.4. The normalized spacial score (nSPS) is 10.2. The number of nitrogens with zero attached hydrogens (tertiary/aromatic N) is 2. The summed E-state index contributed by atoms with van der Waals surface area (Å²) >= 11 is 10.4. The van der Waals surface area contributed by atoms with E-state index in [0.717, 1.165) is 4.31 Å². The molecule has 3 rings (SSSR count). The summed E-state index contributed by atoms with van der Waals surface area (Å²) in [5.41, 5.74) is 1.84. The van der Waals surface area contributed by atoms with Crippen LogP contribution in [0.2, 0.25) is 5.02 Å². The Morgan fingerprint density at radius 2 is 1.74 bits per heavy atom. The molecule has 0 aliphatic rings. The van der Waals surface area contributed by atoms with Gasteiger partial charge in [-0.2, -0.15) is 0 Å². The van der Waals surface area contributed by atoms with Crippen molar-refractivity contribution in [3.8, 4) is 11.5 Å². The molecule has 160 valence electrons. The summed E-state index contributed by atoms with van der Waals surface area (Å²) in [5.74, 6) is 0.512. The molecule has 0 fully saturated rings. The highest BCUT2D eigenvalue weighted by atomic mass is 35.5. The first kappa shape index (κ1) is 22.3. The Bertz CT molecular complexity index is 1080. The number of aromatic nitrogens is 1. The van der Waals surface area contributed by atoms with Gasteiger partial charge in [-0.05, 0) is 42.5 Å². The molecule has 1 heterocycles. The van der Waals surface area contributed by atoms with E-state index in [1.54, 1.807) is 48.7 Å². The second kappa shape index (κ2) is 10.1. The number of halogens is 1. The van der Waals surface area contributed by atoms with E-state index in [9.17, 15) is 9.59 Å². The van der Waals surface area contributed by atoms with Crippen LogP contribution in [-0.4, -0.2) is 31.1 Å². The van der Waals surface area contributed by atoms with Crippen LogP contribution in [0.5, 0.6) is 11.5 Å². The smallest absolute Gasteiger partial charge is 0.336 e. The SMILES string of the molecule is COc1cc(OC)c(NC(=O)N(S)c2ccc(NC(=O)c3cccnc3)cc2)cc1Cl. The number of pyridine rings is 1. The molecule has 2 N–H and O–H groups in total. The lowest BCUT2D eigenvalue weighted by molar-refractivity contribution is 0.102. The molecule has 1 aromatic heterocycles. The number of hydrogen-bond donors (Lipinski definition) is 3. The van der Waals surface area contributed by atoms with Crippen LogP contribution >= 0.6 is 24.4 Å². The van der Waals surface area contributed by atoms with Crippen LogP contribution in [0.15, 0.2) is 60.9 Å². The molecule has 0 radical (unpaired) electrons. The molecule has 0 saturated heterocycles. The average Bonchev–Trinajstić information content (AvgIpc) is 2.79. The van der Waals surface area contributed by atoms with Crippen LogP contribution in [0.3, 0.4) is 0 Å². The highest BCUT2D eigenvalue weighted by Gasteiger charge is 2.17. The molecule has 10 heteroatoms. The fourth-order valence-electron chi connectivity index (χ4n) is 2.63. The maximum absolute atomic E-state index is 12.6. The third-order valence-corrected chi connectivity index (χ3v) is 4.91. The number of methoxy groups -OCH3 is 2. The minimum atomic E-state index is -0.532. The lowest BCUT2D eigenvalue weighted by atomic mass is 10.2. The van der Waals surface area contributed by atoms with Crippen molar-refractivity contribution in [1.82, 2.24) is 4.98 Å². The first-order chi connectivity index (χ1) is 14.9. The summed E-state index contributed by atoms with van der Waals surface area (Å²) in [6.07, 6.45) is 3.07. The van der Waals surface area contributed by atoms with Gasteiger partial charge in [0.1, 0.15) is 11.5 Å². The van der Waals surface area contributed by atoms with Gasteiger partial charge in [0.15, 0.2) is 0 Å². The molecule has 8 nitrogen and oxygen atoms in total. The Morgan fingerprint density at radius 1 is 1.03 bits per heavy atom. The molecule has 0 atom stereocenters. The number of amides is 3. The van der Waals surface area contributed by atoms with Crippen molar-refractivity contribution < 1.29 is 19.1 Å². The van der Waals surface area contributed by atoms with Gasteiger partial charge in [-0.25, -0.2) is 9.10 Å². The van der Waals surface area contributed by atoms with Gasteiger partial charge in [0.25, 0.3) is 5.91 Å². The van der Waals surface area contributed by atoms with Crippen LogP contribution in [0.1, 0.15) is 10.4 Å². The van der Waals surface area contributed by atoms with E-state index in [1.807, 2.05) is 0 Å². The van der Waals surface area contributed by atoms with Crippen LogP contribution in [0.25, 0.3) is 0 Å². The van der Waals surface area contributed by atoms with E-state index in [-0.39, 0.29) is 5.91 Å². The zero-order valence-corrected chi connectivity index (χ0v) is 18.3. The highest BCUT2D eigenvalue weighted by Crippen LogP contribution is 2.36. The Kier molecular flexibility index (Phi) is 7.22. The summed E-state index contributed by atoms with van der Waals surface area (Å²) in [7, 11) is 2.95. The molecule has 0 spiro atoms. The molecule has 0 bridgehead atoms. The molecular weight excluding hydrogens is 440 g/mol. The summed E-state index contributed by atoms with van der Waals surface area (Å²) in [6.45, 7) is 0. The third-order valence-electron chi connectivity index (χ3n) is 4.20. The predicted octanol–water partition coefficient (Wildman–Crippen LogP) is 4.89. The molecule has 2 aromatic carbocycles. The van der Waals surface area contributed by atoms with E-state index in [4.69, 9.17) is 21.1 Å². The number of nitrogens with one attached hydrogen (secondary N) is 2. The van der Waals surface area contributed by atoms with Gasteiger partial charge in [-0.3, -0.25) is 9.78 Å². The van der Waals surface area contributed by atoms with Crippen LogP contribution < -0.4 is 24.4 Å². The second-order valence-electron chi connectivity index (χ2n) is 6.17. The molecule has 3 amide bonds. The van der Waals surface area contributed by atoms with Gasteiger partial charge in [-0.15, -0.1) is 0 Å².